The van der Waals surface area contributed by atoms with Crippen molar-refractivity contribution in [2.24, 2.45) is 17.8 Å². The number of rotatable bonds is 4. The second kappa shape index (κ2) is 6.73. The van der Waals surface area contributed by atoms with Gasteiger partial charge in [-0.15, -0.1) is 0 Å². The Balaban J connectivity index is 2.69. The summed E-state index contributed by atoms with van der Waals surface area (Å²) in [5.74, 6) is -0.232. The number of aliphatic carboxylic acids is 1. The summed E-state index contributed by atoms with van der Waals surface area (Å²) in [6.45, 7) is 7.84. The summed E-state index contributed by atoms with van der Waals surface area (Å²) in [4.78, 5) is 22.4. The molecule has 4 nitrogen and oxygen atoms in total. The highest BCUT2D eigenvalue weighted by Crippen LogP contribution is 2.35. The summed E-state index contributed by atoms with van der Waals surface area (Å²) >= 11 is 0. The number of esters is 1. The molecule has 0 saturated heterocycles. The summed E-state index contributed by atoms with van der Waals surface area (Å²) in [5.41, 5.74) is 0.00922. The third-order valence-corrected chi connectivity index (χ3v) is 3.90. The zero-order chi connectivity index (χ0) is 14.6. The maximum atomic E-state index is 11.7. The molecule has 0 aromatic heterocycles. The van der Waals surface area contributed by atoms with Crippen molar-refractivity contribution in [3.8, 4) is 0 Å². The molecule has 19 heavy (non-hydrogen) atoms. The predicted octanol–water partition coefficient (Wildman–Crippen LogP) is 3.02. The first-order valence-electron chi connectivity index (χ1n) is 6.93. The fourth-order valence-corrected chi connectivity index (χ4v) is 2.67. The standard InChI is InChI=1S/C15H24O4/c1-9(2)12-6-5-10(3)7-13(12)19-14(16)8-11(4)15(17)18/h8-10,12-13H,5-7H2,1-4H3,(H,17,18)/b11-8-. The van der Waals surface area contributed by atoms with Crippen LogP contribution >= 0.6 is 0 Å². The average Bonchev–Trinajstić information content (AvgIpc) is 2.27. The van der Waals surface area contributed by atoms with E-state index >= 15 is 0 Å². The average molecular weight is 268 g/mol. The van der Waals surface area contributed by atoms with Gasteiger partial charge in [-0.1, -0.05) is 27.2 Å². The molecule has 0 amide bonds. The second-order valence-electron chi connectivity index (χ2n) is 5.93. The molecule has 3 atom stereocenters. The highest BCUT2D eigenvalue weighted by Gasteiger charge is 2.33. The molecule has 0 heterocycles. The molecule has 3 unspecified atom stereocenters. The Morgan fingerprint density at radius 1 is 1.32 bits per heavy atom. The van der Waals surface area contributed by atoms with E-state index in [4.69, 9.17) is 9.84 Å². The van der Waals surface area contributed by atoms with E-state index in [-0.39, 0.29) is 11.7 Å². The van der Waals surface area contributed by atoms with Gasteiger partial charge in [0, 0.05) is 11.6 Å². The van der Waals surface area contributed by atoms with Gasteiger partial charge < -0.3 is 9.84 Å². The molecule has 1 rings (SSSR count). The third kappa shape index (κ3) is 4.69. The lowest BCUT2D eigenvalue weighted by Crippen LogP contribution is -2.35. The second-order valence-corrected chi connectivity index (χ2v) is 5.93. The summed E-state index contributed by atoms with van der Waals surface area (Å²) in [7, 11) is 0. The molecule has 0 aliphatic heterocycles. The van der Waals surface area contributed by atoms with E-state index in [1.165, 1.54) is 13.3 Å². The van der Waals surface area contributed by atoms with E-state index < -0.39 is 11.9 Å². The Hall–Kier alpha value is -1.32. The molecule has 0 bridgehead atoms. The van der Waals surface area contributed by atoms with E-state index in [1.807, 2.05) is 0 Å². The van der Waals surface area contributed by atoms with E-state index in [9.17, 15) is 9.59 Å². The fraction of sp³-hybridized carbons (Fsp3) is 0.733. The third-order valence-electron chi connectivity index (χ3n) is 3.90. The Kier molecular flexibility index (Phi) is 5.58. The molecule has 1 N–H and O–H groups in total. The van der Waals surface area contributed by atoms with Gasteiger partial charge in [0.25, 0.3) is 0 Å². The van der Waals surface area contributed by atoms with Crippen LogP contribution in [-0.4, -0.2) is 23.1 Å². The normalized spacial score (nSPS) is 28.3. The lowest BCUT2D eigenvalue weighted by atomic mass is 9.75. The van der Waals surface area contributed by atoms with Crippen LogP contribution in [-0.2, 0) is 14.3 Å². The zero-order valence-corrected chi connectivity index (χ0v) is 12.2. The van der Waals surface area contributed by atoms with Gasteiger partial charge in [0.05, 0.1) is 0 Å². The fourth-order valence-electron chi connectivity index (χ4n) is 2.67. The van der Waals surface area contributed by atoms with Gasteiger partial charge in [0.15, 0.2) is 0 Å². The molecule has 1 aliphatic rings. The molecule has 108 valence electrons. The first-order chi connectivity index (χ1) is 8.81. The van der Waals surface area contributed by atoms with E-state index in [1.54, 1.807) is 0 Å². The number of carboxylic acids is 1. The Morgan fingerprint density at radius 3 is 2.47 bits per heavy atom. The lowest BCUT2D eigenvalue weighted by Gasteiger charge is -2.36. The molecule has 4 heteroatoms. The zero-order valence-electron chi connectivity index (χ0n) is 12.2. The number of hydrogen-bond acceptors (Lipinski definition) is 3. The SMILES string of the molecule is C/C(=C/C(=O)OC1CC(C)CCC1C(C)C)C(=O)O. The Morgan fingerprint density at radius 2 is 1.95 bits per heavy atom. The predicted molar refractivity (Wildman–Crippen MR) is 72.6 cm³/mol. The first kappa shape index (κ1) is 15.7. The van der Waals surface area contributed by atoms with Gasteiger partial charge in [0.2, 0.25) is 0 Å². The van der Waals surface area contributed by atoms with Gasteiger partial charge in [-0.05, 0) is 37.5 Å². The van der Waals surface area contributed by atoms with Crippen LogP contribution in [0.5, 0.6) is 0 Å². The van der Waals surface area contributed by atoms with Crippen LogP contribution in [0.25, 0.3) is 0 Å². The molecule has 0 radical (unpaired) electrons. The topological polar surface area (TPSA) is 63.6 Å². The van der Waals surface area contributed by atoms with Crippen molar-refractivity contribution in [2.75, 3.05) is 0 Å². The van der Waals surface area contributed by atoms with Gasteiger partial charge in [0.1, 0.15) is 6.10 Å². The minimum absolute atomic E-state index is 0.00922. The van der Waals surface area contributed by atoms with Crippen LogP contribution in [0.3, 0.4) is 0 Å². The monoisotopic (exact) mass is 268 g/mol. The molecule has 1 aliphatic carbocycles. The highest BCUT2D eigenvalue weighted by atomic mass is 16.5. The highest BCUT2D eigenvalue weighted by molar-refractivity contribution is 5.94. The summed E-state index contributed by atoms with van der Waals surface area (Å²) < 4.78 is 5.48. The lowest BCUT2D eigenvalue weighted by molar-refractivity contribution is -0.150. The Bertz CT molecular complexity index is 370. The molecule has 0 spiro atoms. The quantitative estimate of drug-likeness (QED) is 0.629. The van der Waals surface area contributed by atoms with E-state index in [0.717, 1.165) is 18.9 Å². The number of carbonyl (C=O) groups is 2. The Labute approximate surface area is 114 Å². The molecule has 0 aromatic carbocycles. The van der Waals surface area contributed by atoms with Crippen molar-refractivity contribution in [3.05, 3.63) is 11.6 Å². The summed E-state index contributed by atoms with van der Waals surface area (Å²) in [6.07, 6.45) is 4.08. The van der Waals surface area contributed by atoms with Gasteiger partial charge in [-0.2, -0.15) is 0 Å². The van der Waals surface area contributed by atoms with Crippen molar-refractivity contribution in [2.45, 2.75) is 53.1 Å². The van der Waals surface area contributed by atoms with Crippen molar-refractivity contribution in [3.63, 3.8) is 0 Å². The number of hydrogen-bond donors (Lipinski definition) is 1. The van der Waals surface area contributed by atoms with Crippen LogP contribution in [0.1, 0.15) is 47.0 Å². The van der Waals surface area contributed by atoms with Crippen molar-refractivity contribution >= 4 is 11.9 Å². The minimum atomic E-state index is -1.09. The maximum absolute atomic E-state index is 11.7. The van der Waals surface area contributed by atoms with Crippen LogP contribution < -0.4 is 0 Å². The van der Waals surface area contributed by atoms with Crippen molar-refractivity contribution in [1.29, 1.82) is 0 Å². The molecule has 0 aromatic rings. The first-order valence-corrected chi connectivity index (χ1v) is 6.93. The molecule has 1 saturated carbocycles. The van der Waals surface area contributed by atoms with E-state index in [2.05, 4.69) is 20.8 Å². The van der Waals surface area contributed by atoms with E-state index in [0.29, 0.717) is 17.8 Å². The molecular weight excluding hydrogens is 244 g/mol. The summed E-state index contributed by atoms with van der Waals surface area (Å²) in [6, 6.07) is 0. The number of carboxylic acid groups (broad SMARTS) is 1. The smallest absolute Gasteiger partial charge is 0.331 e. The van der Waals surface area contributed by atoms with Gasteiger partial charge >= 0.3 is 11.9 Å². The van der Waals surface area contributed by atoms with Gasteiger partial charge in [-0.3, -0.25) is 0 Å². The van der Waals surface area contributed by atoms with Crippen LogP contribution in [0.15, 0.2) is 11.6 Å². The minimum Gasteiger partial charge on any atom is -0.478 e. The van der Waals surface area contributed by atoms with Crippen LogP contribution in [0.2, 0.25) is 0 Å². The molecular formula is C15H24O4. The number of ether oxygens (including phenoxy) is 1. The number of carbonyl (C=O) groups excluding carboxylic acids is 1. The van der Waals surface area contributed by atoms with Crippen LogP contribution in [0, 0.1) is 17.8 Å². The largest absolute Gasteiger partial charge is 0.478 e. The van der Waals surface area contributed by atoms with Crippen molar-refractivity contribution < 1.29 is 19.4 Å². The van der Waals surface area contributed by atoms with Gasteiger partial charge in [-0.25, -0.2) is 9.59 Å². The molecule has 1 fully saturated rings. The maximum Gasteiger partial charge on any atom is 0.331 e. The van der Waals surface area contributed by atoms with Crippen LogP contribution in [0.4, 0.5) is 0 Å². The summed E-state index contributed by atoms with van der Waals surface area (Å²) in [5, 5.41) is 8.74. The van der Waals surface area contributed by atoms with Crippen molar-refractivity contribution in [1.82, 2.24) is 0 Å².